The maximum Gasteiger partial charge on any atom is 0.425 e. The number of aromatic carboxylic acids is 1. The predicted molar refractivity (Wildman–Crippen MR) is 69.7 cm³/mol. The molecule has 1 N–H and O–H groups in total. The molecule has 0 saturated carbocycles. The maximum absolute atomic E-state index is 11.9. The van der Waals surface area contributed by atoms with Gasteiger partial charge < -0.3 is 10.0 Å². The van der Waals surface area contributed by atoms with Gasteiger partial charge in [-0.2, -0.15) is 13.2 Å². The SMILES string of the molecule is CCN(CC)CC.O=C(O)c1ccc(C(F)(F)F)s1. The number of hydrogen-bond acceptors (Lipinski definition) is 3. The molecule has 110 valence electrons. The Hall–Kier alpha value is -1.08. The lowest BCUT2D eigenvalue weighted by Gasteiger charge is -2.13. The summed E-state index contributed by atoms with van der Waals surface area (Å²) in [5.74, 6) is -1.34. The highest BCUT2D eigenvalue weighted by Crippen LogP contribution is 2.34. The fourth-order valence-corrected chi connectivity index (χ4v) is 1.99. The Bertz CT molecular complexity index is 381. The number of alkyl halides is 3. The second-order valence-corrected chi connectivity index (χ2v) is 4.67. The quantitative estimate of drug-likeness (QED) is 0.918. The number of carboxylic acids is 1. The summed E-state index contributed by atoms with van der Waals surface area (Å²) in [6, 6.07) is 1.70. The molecule has 1 rings (SSSR count). The van der Waals surface area contributed by atoms with Gasteiger partial charge in [0.1, 0.15) is 9.75 Å². The second-order valence-electron chi connectivity index (χ2n) is 3.59. The standard InChI is InChI=1S/C6H3F3O2S.C6H15N/c7-6(8,9)4-2-1-3(12-4)5(10)11;1-4-7(5-2)6-3/h1-2H,(H,10,11);4-6H2,1-3H3. The van der Waals surface area contributed by atoms with E-state index < -0.39 is 17.0 Å². The van der Waals surface area contributed by atoms with E-state index in [1.165, 1.54) is 19.6 Å². The molecule has 7 heteroatoms. The van der Waals surface area contributed by atoms with E-state index in [1.807, 2.05) is 0 Å². The lowest BCUT2D eigenvalue weighted by molar-refractivity contribution is -0.134. The molecule has 0 aliphatic heterocycles. The third-order valence-electron chi connectivity index (χ3n) is 2.44. The van der Waals surface area contributed by atoms with E-state index in [4.69, 9.17) is 5.11 Å². The third kappa shape index (κ3) is 6.58. The largest absolute Gasteiger partial charge is 0.477 e. The van der Waals surface area contributed by atoms with E-state index in [-0.39, 0.29) is 16.2 Å². The van der Waals surface area contributed by atoms with E-state index in [2.05, 4.69) is 25.7 Å². The summed E-state index contributed by atoms with van der Waals surface area (Å²) in [7, 11) is 0. The first-order valence-corrected chi connectivity index (χ1v) is 6.70. The number of nitrogens with zero attached hydrogens (tertiary/aromatic N) is 1. The Balaban J connectivity index is 0.000000399. The average molecular weight is 297 g/mol. The molecular weight excluding hydrogens is 279 g/mol. The molecule has 0 saturated heterocycles. The molecule has 0 aliphatic rings. The van der Waals surface area contributed by atoms with E-state index in [1.54, 1.807) is 0 Å². The number of carbonyl (C=O) groups is 1. The first kappa shape index (κ1) is 17.9. The minimum absolute atomic E-state index is 0.223. The number of rotatable bonds is 4. The third-order valence-corrected chi connectivity index (χ3v) is 3.56. The van der Waals surface area contributed by atoms with Crippen LogP contribution in [0.1, 0.15) is 35.3 Å². The molecule has 0 amide bonds. The summed E-state index contributed by atoms with van der Waals surface area (Å²) in [4.78, 5) is 11.4. The number of carboxylic acid groups (broad SMARTS) is 1. The number of halogens is 3. The van der Waals surface area contributed by atoms with Crippen molar-refractivity contribution in [1.82, 2.24) is 4.90 Å². The molecule has 0 bridgehead atoms. The van der Waals surface area contributed by atoms with Gasteiger partial charge in [-0.3, -0.25) is 0 Å². The normalized spacial score (nSPS) is 11.1. The van der Waals surface area contributed by atoms with Crippen LogP contribution in [-0.2, 0) is 6.18 Å². The van der Waals surface area contributed by atoms with Crippen molar-refractivity contribution in [1.29, 1.82) is 0 Å². The van der Waals surface area contributed by atoms with Crippen LogP contribution in [-0.4, -0.2) is 35.6 Å². The molecule has 1 aromatic heterocycles. The van der Waals surface area contributed by atoms with E-state index in [0.29, 0.717) is 0 Å². The summed E-state index contributed by atoms with van der Waals surface area (Å²) in [5.41, 5.74) is 0. The van der Waals surface area contributed by atoms with Gasteiger partial charge in [0, 0.05) is 0 Å². The van der Waals surface area contributed by atoms with Crippen LogP contribution >= 0.6 is 11.3 Å². The molecule has 1 aromatic rings. The second kappa shape index (κ2) is 8.16. The smallest absolute Gasteiger partial charge is 0.425 e. The summed E-state index contributed by atoms with van der Waals surface area (Å²) in [6.45, 7) is 10.1. The Kier molecular flexibility index (Phi) is 7.70. The zero-order valence-electron chi connectivity index (χ0n) is 11.1. The van der Waals surface area contributed by atoms with Crippen molar-refractivity contribution in [2.24, 2.45) is 0 Å². The van der Waals surface area contributed by atoms with Crippen molar-refractivity contribution in [3.8, 4) is 0 Å². The summed E-state index contributed by atoms with van der Waals surface area (Å²) in [5, 5.41) is 8.31. The van der Waals surface area contributed by atoms with Crippen LogP contribution in [0.3, 0.4) is 0 Å². The average Bonchev–Trinajstić information content (AvgIpc) is 2.81. The van der Waals surface area contributed by atoms with Crippen LogP contribution < -0.4 is 0 Å². The Morgan fingerprint density at radius 3 is 1.84 bits per heavy atom. The molecule has 0 aromatic carbocycles. The topological polar surface area (TPSA) is 40.5 Å². The van der Waals surface area contributed by atoms with Gasteiger partial charge >= 0.3 is 12.1 Å². The van der Waals surface area contributed by atoms with Crippen LogP contribution in [0.4, 0.5) is 13.2 Å². The van der Waals surface area contributed by atoms with Crippen molar-refractivity contribution in [3.63, 3.8) is 0 Å². The van der Waals surface area contributed by atoms with Gasteiger partial charge in [-0.25, -0.2) is 4.79 Å². The molecule has 0 unspecified atom stereocenters. The summed E-state index contributed by atoms with van der Waals surface area (Å²) in [6.07, 6.45) is -4.45. The van der Waals surface area contributed by atoms with E-state index in [9.17, 15) is 18.0 Å². The first-order chi connectivity index (χ1) is 8.76. The lowest BCUT2D eigenvalue weighted by atomic mass is 10.4. The van der Waals surface area contributed by atoms with Crippen molar-refractivity contribution in [3.05, 3.63) is 21.9 Å². The van der Waals surface area contributed by atoms with Gasteiger partial charge in [-0.1, -0.05) is 20.8 Å². The molecule has 19 heavy (non-hydrogen) atoms. The molecule has 0 atom stereocenters. The molecular formula is C12H18F3NO2S. The van der Waals surface area contributed by atoms with Crippen LogP contribution in [0.2, 0.25) is 0 Å². The van der Waals surface area contributed by atoms with Crippen LogP contribution in [0, 0.1) is 0 Å². The van der Waals surface area contributed by atoms with Crippen molar-refractivity contribution >= 4 is 17.3 Å². The fourth-order valence-electron chi connectivity index (χ4n) is 1.28. The van der Waals surface area contributed by atoms with Crippen molar-refractivity contribution in [2.75, 3.05) is 19.6 Å². The highest BCUT2D eigenvalue weighted by molar-refractivity contribution is 7.14. The lowest BCUT2D eigenvalue weighted by Crippen LogP contribution is -2.21. The van der Waals surface area contributed by atoms with Crippen LogP contribution in [0.5, 0.6) is 0 Å². The molecule has 0 radical (unpaired) electrons. The molecule has 0 fully saturated rings. The predicted octanol–water partition coefficient (Wildman–Crippen LogP) is 3.81. The highest BCUT2D eigenvalue weighted by atomic mass is 32.1. The zero-order chi connectivity index (χ0) is 15.1. The number of thiophene rings is 1. The number of hydrogen-bond donors (Lipinski definition) is 1. The van der Waals surface area contributed by atoms with Gasteiger partial charge in [0.05, 0.1) is 0 Å². The minimum atomic E-state index is -4.45. The Labute approximate surface area is 114 Å². The van der Waals surface area contributed by atoms with Gasteiger partial charge in [-0.05, 0) is 31.8 Å². The summed E-state index contributed by atoms with van der Waals surface area (Å²) >= 11 is 0.223. The van der Waals surface area contributed by atoms with Gasteiger partial charge in [-0.15, -0.1) is 11.3 Å². The molecule has 1 heterocycles. The minimum Gasteiger partial charge on any atom is -0.477 e. The fraction of sp³-hybridized carbons (Fsp3) is 0.583. The van der Waals surface area contributed by atoms with E-state index in [0.717, 1.165) is 12.1 Å². The highest BCUT2D eigenvalue weighted by Gasteiger charge is 2.32. The molecule has 3 nitrogen and oxygen atoms in total. The Morgan fingerprint density at radius 2 is 1.68 bits per heavy atom. The molecule has 0 spiro atoms. The monoisotopic (exact) mass is 297 g/mol. The van der Waals surface area contributed by atoms with Crippen molar-refractivity contribution in [2.45, 2.75) is 26.9 Å². The maximum atomic E-state index is 11.9. The van der Waals surface area contributed by atoms with Crippen molar-refractivity contribution < 1.29 is 23.1 Å². The van der Waals surface area contributed by atoms with Gasteiger partial charge in [0.25, 0.3) is 0 Å². The van der Waals surface area contributed by atoms with Crippen LogP contribution in [0.15, 0.2) is 12.1 Å². The van der Waals surface area contributed by atoms with Crippen LogP contribution in [0.25, 0.3) is 0 Å². The van der Waals surface area contributed by atoms with Gasteiger partial charge in [0.15, 0.2) is 0 Å². The Morgan fingerprint density at radius 1 is 1.21 bits per heavy atom. The summed E-state index contributed by atoms with van der Waals surface area (Å²) < 4.78 is 35.6. The van der Waals surface area contributed by atoms with Gasteiger partial charge in [0.2, 0.25) is 0 Å². The molecule has 0 aliphatic carbocycles. The van der Waals surface area contributed by atoms with E-state index >= 15 is 0 Å². The zero-order valence-corrected chi connectivity index (χ0v) is 11.9. The first-order valence-electron chi connectivity index (χ1n) is 5.88.